The van der Waals surface area contributed by atoms with E-state index in [2.05, 4.69) is 67.4 Å². The molecule has 1 saturated heterocycles. The second-order valence-electron chi connectivity index (χ2n) is 9.83. The molecule has 1 aliphatic carbocycles. The minimum atomic E-state index is -0.486. The molecule has 4 heteroatoms. The van der Waals surface area contributed by atoms with Crippen molar-refractivity contribution in [3.8, 4) is 11.1 Å². The highest BCUT2D eigenvalue weighted by Gasteiger charge is 2.43. The molecule has 0 aromatic heterocycles. The maximum atomic E-state index is 13.3. The number of carbonyl (C=O) groups is 2. The average Bonchev–Trinajstić information content (AvgIpc) is 3.38. The van der Waals surface area contributed by atoms with Crippen LogP contribution in [0.3, 0.4) is 0 Å². The van der Waals surface area contributed by atoms with Crippen LogP contribution in [-0.2, 0) is 16.0 Å². The van der Waals surface area contributed by atoms with Gasteiger partial charge < -0.3 is 10.2 Å². The summed E-state index contributed by atoms with van der Waals surface area (Å²) in [5.74, 6) is 0.578. The molecule has 4 rings (SSSR count). The van der Waals surface area contributed by atoms with Gasteiger partial charge in [0.2, 0.25) is 11.8 Å². The quantitative estimate of drug-likeness (QED) is 0.589. The topological polar surface area (TPSA) is 49.4 Å². The predicted molar refractivity (Wildman–Crippen MR) is 134 cm³/mol. The molecule has 0 unspecified atom stereocenters. The maximum Gasteiger partial charge on any atom is 0.226 e. The minimum absolute atomic E-state index is 0.0816. The second-order valence-corrected chi connectivity index (χ2v) is 9.83. The smallest absolute Gasteiger partial charge is 0.226 e. The van der Waals surface area contributed by atoms with Gasteiger partial charge in [0.1, 0.15) is 0 Å². The van der Waals surface area contributed by atoms with Crippen LogP contribution in [0.5, 0.6) is 0 Å². The lowest BCUT2D eigenvalue weighted by Crippen LogP contribution is -2.52. The third kappa shape index (κ3) is 5.38. The minimum Gasteiger partial charge on any atom is -0.352 e. The van der Waals surface area contributed by atoms with Gasteiger partial charge >= 0.3 is 0 Å². The molecule has 174 valence electrons. The molecule has 2 amide bonds. The first-order chi connectivity index (χ1) is 16.0. The number of aryl methyl sites for hydroxylation is 1. The van der Waals surface area contributed by atoms with Crippen LogP contribution in [0.4, 0.5) is 0 Å². The summed E-state index contributed by atoms with van der Waals surface area (Å²) in [6, 6.07) is 17.1. The number of hydrogen-bond acceptors (Lipinski definition) is 2. The molecule has 0 radical (unpaired) electrons. The number of hydrogen-bond donors (Lipinski definition) is 1. The van der Waals surface area contributed by atoms with Crippen molar-refractivity contribution in [1.29, 1.82) is 0 Å². The Labute approximate surface area is 198 Å². The van der Waals surface area contributed by atoms with Crippen LogP contribution < -0.4 is 5.32 Å². The normalized spacial score (nSPS) is 18.2. The molecule has 1 saturated carbocycles. The third-order valence-corrected chi connectivity index (χ3v) is 7.47. The van der Waals surface area contributed by atoms with Crippen molar-refractivity contribution in [2.24, 2.45) is 11.3 Å². The van der Waals surface area contributed by atoms with E-state index in [0.717, 1.165) is 31.2 Å². The first kappa shape index (κ1) is 23.3. The lowest BCUT2D eigenvalue weighted by molar-refractivity contribution is -0.143. The molecule has 1 heterocycles. The van der Waals surface area contributed by atoms with E-state index in [4.69, 9.17) is 0 Å². The highest BCUT2D eigenvalue weighted by atomic mass is 16.2. The van der Waals surface area contributed by atoms with Crippen LogP contribution in [-0.4, -0.2) is 36.3 Å². The van der Waals surface area contributed by atoms with Gasteiger partial charge in [-0.1, -0.05) is 73.0 Å². The SMILES string of the molecule is C=CCNC(=O)C1(Cc2ccc(-c3cccc(C)c3)cc2)CCN(C(=O)C2CCCC2)CC1. The zero-order valence-corrected chi connectivity index (χ0v) is 19.8. The summed E-state index contributed by atoms with van der Waals surface area (Å²) >= 11 is 0. The number of nitrogens with zero attached hydrogens (tertiary/aromatic N) is 1. The van der Waals surface area contributed by atoms with Crippen molar-refractivity contribution in [1.82, 2.24) is 10.2 Å². The molecule has 2 aromatic rings. The van der Waals surface area contributed by atoms with Crippen LogP contribution in [0.1, 0.15) is 49.7 Å². The molecule has 2 aromatic carbocycles. The second kappa shape index (κ2) is 10.4. The van der Waals surface area contributed by atoms with Gasteiger partial charge in [0, 0.05) is 25.6 Å². The predicted octanol–water partition coefficient (Wildman–Crippen LogP) is 5.31. The molecule has 0 atom stereocenters. The van der Waals surface area contributed by atoms with Crippen molar-refractivity contribution >= 4 is 11.8 Å². The molecule has 0 bridgehead atoms. The summed E-state index contributed by atoms with van der Waals surface area (Å²) in [7, 11) is 0. The number of benzene rings is 2. The highest BCUT2D eigenvalue weighted by molar-refractivity contribution is 5.84. The highest BCUT2D eigenvalue weighted by Crippen LogP contribution is 2.37. The molecule has 1 aliphatic heterocycles. The summed E-state index contributed by atoms with van der Waals surface area (Å²) in [4.78, 5) is 28.2. The largest absolute Gasteiger partial charge is 0.352 e. The number of likely N-dealkylation sites (tertiary alicyclic amines) is 1. The van der Waals surface area contributed by atoms with Gasteiger partial charge in [-0.2, -0.15) is 0 Å². The van der Waals surface area contributed by atoms with E-state index in [1.165, 1.54) is 16.7 Å². The fraction of sp³-hybridized carbons (Fsp3) is 0.448. The third-order valence-electron chi connectivity index (χ3n) is 7.47. The van der Waals surface area contributed by atoms with Crippen LogP contribution in [0.15, 0.2) is 61.2 Å². The average molecular weight is 445 g/mol. The van der Waals surface area contributed by atoms with E-state index in [1.54, 1.807) is 6.08 Å². The Kier molecular flexibility index (Phi) is 7.32. The Bertz CT molecular complexity index is 981. The van der Waals surface area contributed by atoms with Gasteiger partial charge in [-0.3, -0.25) is 9.59 Å². The lowest BCUT2D eigenvalue weighted by atomic mass is 9.72. The van der Waals surface area contributed by atoms with Gasteiger partial charge in [0.15, 0.2) is 0 Å². The standard InChI is InChI=1S/C29H36N2O2/c1-3-17-30-28(33)29(15-18-31(19-16-29)27(32)25-8-4-5-9-25)21-23-11-13-24(14-12-23)26-10-6-7-22(2)20-26/h3,6-7,10-14,20,25H,1,4-5,8-9,15-19,21H2,2H3,(H,30,33). The molecule has 1 N–H and O–H groups in total. The van der Waals surface area contributed by atoms with E-state index in [-0.39, 0.29) is 11.8 Å². The summed E-state index contributed by atoms with van der Waals surface area (Å²) < 4.78 is 0. The Hall–Kier alpha value is -2.88. The monoisotopic (exact) mass is 444 g/mol. The number of rotatable bonds is 7. The van der Waals surface area contributed by atoms with Gasteiger partial charge in [0.25, 0.3) is 0 Å². The van der Waals surface area contributed by atoms with Gasteiger partial charge in [-0.15, -0.1) is 6.58 Å². The van der Waals surface area contributed by atoms with E-state index >= 15 is 0 Å². The number of piperidine rings is 1. The fourth-order valence-corrected chi connectivity index (χ4v) is 5.45. The molecule has 4 nitrogen and oxygen atoms in total. The van der Waals surface area contributed by atoms with Crippen molar-refractivity contribution in [3.05, 3.63) is 72.3 Å². The molecular weight excluding hydrogens is 408 g/mol. The Balaban J connectivity index is 1.48. The van der Waals surface area contributed by atoms with Crippen molar-refractivity contribution in [2.45, 2.75) is 51.9 Å². The van der Waals surface area contributed by atoms with Crippen molar-refractivity contribution in [2.75, 3.05) is 19.6 Å². The van der Waals surface area contributed by atoms with Crippen LogP contribution >= 0.6 is 0 Å². The van der Waals surface area contributed by atoms with Gasteiger partial charge in [0.05, 0.1) is 5.41 Å². The zero-order valence-electron chi connectivity index (χ0n) is 19.8. The van der Waals surface area contributed by atoms with Crippen LogP contribution in [0, 0.1) is 18.3 Å². The van der Waals surface area contributed by atoms with Crippen LogP contribution in [0.25, 0.3) is 11.1 Å². The fourth-order valence-electron chi connectivity index (χ4n) is 5.45. The Morgan fingerprint density at radius 1 is 1.06 bits per heavy atom. The summed E-state index contributed by atoms with van der Waals surface area (Å²) in [5.41, 5.74) is 4.31. The molecule has 2 aliphatic rings. The lowest BCUT2D eigenvalue weighted by Gasteiger charge is -2.41. The Morgan fingerprint density at radius 2 is 1.76 bits per heavy atom. The molecule has 33 heavy (non-hydrogen) atoms. The van der Waals surface area contributed by atoms with E-state index in [0.29, 0.717) is 44.8 Å². The van der Waals surface area contributed by atoms with E-state index in [1.807, 2.05) is 4.90 Å². The van der Waals surface area contributed by atoms with Crippen molar-refractivity contribution < 1.29 is 9.59 Å². The number of nitrogens with one attached hydrogen (secondary N) is 1. The molecular formula is C29H36N2O2. The number of carbonyl (C=O) groups excluding carboxylic acids is 2. The summed E-state index contributed by atoms with van der Waals surface area (Å²) in [6.07, 6.45) is 8.19. The summed E-state index contributed by atoms with van der Waals surface area (Å²) in [6.45, 7) is 7.64. The van der Waals surface area contributed by atoms with Crippen molar-refractivity contribution in [3.63, 3.8) is 0 Å². The zero-order chi connectivity index (χ0) is 23.3. The Morgan fingerprint density at radius 3 is 2.39 bits per heavy atom. The van der Waals surface area contributed by atoms with E-state index in [9.17, 15) is 9.59 Å². The molecule has 2 fully saturated rings. The van der Waals surface area contributed by atoms with Crippen LogP contribution in [0.2, 0.25) is 0 Å². The van der Waals surface area contributed by atoms with E-state index < -0.39 is 5.41 Å². The first-order valence-corrected chi connectivity index (χ1v) is 12.3. The molecule has 0 spiro atoms. The van der Waals surface area contributed by atoms with Gasteiger partial charge in [-0.05, 0) is 55.7 Å². The summed E-state index contributed by atoms with van der Waals surface area (Å²) in [5, 5.41) is 3.05. The first-order valence-electron chi connectivity index (χ1n) is 12.3. The number of amides is 2. The van der Waals surface area contributed by atoms with Gasteiger partial charge in [-0.25, -0.2) is 0 Å². The maximum absolute atomic E-state index is 13.3.